The Morgan fingerprint density at radius 2 is 0.854 bits per heavy atom. The summed E-state index contributed by atoms with van der Waals surface area (Å²) in [6.07, 6.45) is 12.3. The van der Waals surface area contributed by atoms with E-state index in [-0.39, 0.29) is 30.4 Å². The van der Waals surface area contributed by atoms with E-state index in [4.69, 9.17) is 22.4 Å². The van der Waals surface area contributed by atoms with E-state index in [1.54, 1.807) is 0 Å². The molecule has 0 saturated carbocycles. The molecular weight excluding hydrogens is 581 g/mol. The first kappa shape index (κ1) is 41.2. The van der Waals surface area contributed by atoms with Gasteiger partial charge in [-0.1, -0.05) is 58.3 Å². The van der Waals surface area contributed by atoms with Gasteiger partial charge in [0.05, 0.1) is 31.5 Å². The lowest BCUT2D eigenvalue weighted by molar-refractivity contribution is -0.140. The number of ether oxygens (including phenoxy) is 1. The molecule has 246 valence electrons. The number of methoxy groups -OCH3 is 1. The number of carbonyl (C=O) groups is 1. The molecule has 4 atom stereocenters. The van der Waals surface area contributed by atoms with Crippen molar-refractivity contribution in [2.24, 2.45) is 0 Å². The molecule has 0 aromatic rings. The summed E-state index contributed by atoms with van der Waals surface area (Å²) in [4.78, 5) is 11.5. The van der Waals surface area contributed by atoms with Gasteiger partial charge in [-0.15, -0.1) is 0 Å². The van der Waals surface area contributed by atoms with E-state index in [0.717, 1.165) is 51.4 Å². The molecule has 0 aliphatic rings. The topological polar surface area (TPSA) is 63.2 Å². The Hall–Kier alpha value is 0.178. The highest BCUT2D eigenvalue weighted by atomic mass is 28.4. The molecule has 0 bridgehead atoms. The first-order chi connectivity index (χ1) is 18.7. The van der Waals surface area contributed by atoms with Crippen molar-refractivity contribution in [1.29, 1.82) is 0 Å². The van der Waals surface area contributed by atoms with Crippen LogP contribution >= 0.6 is 0 Å². The zero-order chi connectivity index (χ0) is 31.9. The van der Waals surface area contributed by atoms with Gasteiger partial charge in [0.25, 0.3) is 0 Å². The molecule has 0 amide bonds. The van der Waals surface area contributed by atoms with Crippen LogP contribution in [0.3, 0.4) is 0 Å². The minimum absolute atomic E-state index is 0.0117. The van der Waals surface area contributed by atoms with Gasteiger partial charge >= 0.3 is 5.97 Å². The fraction of sp³-hybridized carbons (Fsp3) is 0.968. The van der Waals surface area contributed by atoms with Gasteiger partial charge in [-0.2, -0.15) is 0 Å². The second-order valence-corrected chi connectivity index (χ2v) is 33.5. The fourth-order valence-corrected chi connectivity index (χ4v) is 9.56. The summed E-state index contributed by atoms with van der Waals surface area (Å²) in [5.41, 5.74) is 0. The van der Waals surface area contributed by atoms with Crippen molar-refractivity contribution in [3.05, 3.63) is 0 Å². The van der Waals surface area contributed by atoms with Gasteiger partial charge < -0.3 is 22.4 Å². The summed E-state index contributed by atoms with van der Waals surface area (Å²) in [7, 11) is -6.13. The van der Waals surface area contributed by atoms with Gasteiger partial charge in [-0.25, -0.2) is 0 Å². The van der Waals surface area contributed by atoms with E-state index in [1.165, 1.54) is 26.4 Å². The third-order valence-corrected chi connectivity index (χ3v) is 10.5. The van der Waals surface area contributed by atoms with Gasteiger partial charge in [-0.3, -0.25) is 4.79 Å². The molecule has 0 aliphatic heterocycles. The lowest BCUT2D eigenvalue weighted by atomic mass is 9.95. The molecule has 6 nitrogen and oxygen atoms in total. The number of hydrogen-bond donors (Lipinski definition) is 0. The smallest absolute Gasteiger partial charge is 0.305 e. The van der Waals surface area contributed by atoms with Crippen LogP contribution in [0.15, 0.2) is 0 Å². The third-order valence-electron chi connectivity index (χ3n) is 6.49. The first-order valence-corrected chi connectivity index (χ1v) is 30.1. The summed E-state index contributed by atoms with van der Waals surface area (Å²) in [5.74, 6) is -0.113. The van der Waals surface area contributed by atoms with Gasteiger partial charge in [0.15, 0.2) is 33.3 Å². The van der Waals surface area contributed by atoms with Crippen molar-refractivity contribution < 1.29 is 27.2 Å². The maximum absolute atomic E-state index is 11.5. The average molecular weight is 651 g/mol. The highest BCUT2D eigenvalue weighted by molar-refractivity contribution is 6.71. The summed E-state index contributed by atoms with van der Waals surface area (Å²) < 4.78 is 33.0. The molecule has 41 heavy (non-hydrogen) atoms. The Morgan fingerprint density at radius 1 is 0.512 bits per heavy atom. The van der Waals surface area contributed by atoms with Crippen molar-refractivity contribution in [1.82, 2.24) is 0 Å². The van der Waals surface area contributed by atoms with Crippen LogP contribution in [0.25, 0.3) is 0 Å². The average Bonchev–Trinajstić information content (AvgIpc) is 2.79. The molecule has 0 radical (unpaired) electrons. The van der Waals surface area contributed by atoms with Crippen LogP contribution in [0.5, 0.6) is 0 Å². The molecular formula is C31H70O6Si4. The monoisotopic (exact) mass is 650 g/mol. The Balaban J connectivity index is 6.21. The molecule has 0 saturated heterocycles. The standard InChI is InChI=1S/C31H70O6Si4/c1-15-16-17-21-24-27(34-38(3,4)5)30(36-40(9,10)11)31(37-41(12,13)14)28(35-39(6,7)8)25-22-19-18-20-23-26-29(32)33-2/h27-28,30-31H,15-26H2,1-14H3. The molecule has 0 rings (SSSR count). The number of hydrogen-bond acceptors (Lipinski definition) is 6. The van der Waals surface area contributed by atoms with E-state index >= 15 is 0 Å². The minimum atomic E-state index is -1.94. The Kier molecular flexibility index (Phi) is 19.6. The molecule has 0 aromatic heterocycles. The molecule has 0 aliphatic carbocycles. The second-order valence-electron chi connectivity index (χ2n) is 15.7. The maximum Gasteiger partial charge on any atom is 0.305 e. The van der Waals surface area contributed by atoms with Crippen molar-refractivity contribution in [3.63, 3.8) is 0 Å². The van der Waals surface area contributed by atoms with Gasteiger partial charge in [0.2, 0.25) is 0 Å². The van der Waals surface area contributed by atoms with E-state index < -0.39 is 33.3 Å². The first-order valence-electron chi connectivity index (χ1n) is 16.5. The predicted molar refractivity (Wildman–Crippen MR) is 186 cm³/mol. The van der Waals surface area contributed by atoms with Crippen molar-refractivity contribution in [2.75, 3.05) is 7.11 Å². The van der Waals surface area contributed by atoms with E-state index in [9.17, 15) is 4.79 Å². The molecule has 0 aromatic carbocycles. The van der Waals surface area contributed by atoms with Gasteiger partial charge in [0.1, 0.15) is 0 Å². The van der Waals surface area contributed by atoms with Gasteiger partial charge in [0, 0.05) is 6.42 Å². The van der Waals surface area contributed by atoms with Crippen molar-refractivity contribution in [2.45, 2.75) is 187 Å². The molecule has 0 heterocycles. The lowest BCUT2D eigenvalue weighted by Gasteiger charge is -2.45. The molecule has 0 spiro atoms. The number of esters is 1. The Labute approximate surface area is 259 Å². The SMILES string of the molecule is CCCCCCC(O[Si](C)(C)C)C(O[Si](C)(C)C)C(O[Si](C)(C)C)C(CCCCCCCC(=O)OC)O[Si](C)(C)C. The zero-order valence-corrected chi connectivity index (χ0v) is 33.7. The van der Waals surface area contributed by atoms with E-state index in [0.29, 0.717) is 6.42 Å². The van der Waals surface area contributed by atoms with Crippen LogP contribution in [0.4, 0.5) is 0 Å². The zero-order valence-electron chi connectivity index (χ0n) is 29.7. The Morgan fingerprint density at radius 3 is 1.20 bits per heavy atom. The van der Waals surface area contributed by atoms with E-state index in [2.05, 4.69) is 85.5 Å². The summed E-state index contributed by atoms with van der Waals surface area (Å²) in [6.45, 7) is 29.7. The quantitative estimate of drug-likeness (QED) is 0.0589. The summed E-state index contributed by atoms with van der Waals surface area (Å²) >= 11 is 0. The number of unbranched alkanes of at least 4 members (excludes halogenated alkanes) is 7. The second kappa shape index (κ2) is 19.5. The largest absolute Gasteiger partial charge is 0.469 e. The number of carbonyl (C=O) groups excluding carboxylic acids is 1. The molecule has 0 fully saturated rings. The van der Waals surface area contributed by atoms with Crippen LogP contribution in [-0.4, -0.2) is 70.8 Å². The van der Waals surface area contributed by atoms with Crippen molar-refractivity contribution in [3.8, 4) is 0 Å². The molecule has 10 heteroatoms. The van der Waals surface area contributed by atoms with E-state index in [1.807, 2.05) is 0 Å². The highest BCUT2D eigenvalue weighted by Crippen LogP contribution is 2.32. The maximum atomic E-state index is 11.5. The van der Waals surface area contributed by atoms with Crippen LogP contribution in [0.2, 0.25) is 78.6 Å². The number of rotatable bonds is 24. The molecule has 0 N–H and O–H groups in total. The van der Waals surface area contributed by atoms with Gasteiger partial charge in [-0.05, 0) is 97.8 Å². The van der Waals surface area contributed by atoms with Crippen LogP contribution in [0.1, 0.15) is 84.0 Å². The summed E-state index contributed by atoms with van der Waals surface area (Å²) in [5, 5.41) is 0. The third kappa shape index (κ3) is 23.3. The normalized spacial score (nSPS) is 16.3. The highest BCUT2D eigenvalue weighted by Gasteiger charge is 2.44. The fourth-order valence-electron chi connectivity index (χ4n) is 5.03. The Bertz CT molecular complexity index is 695. The van der Waals surface area contributed by atoms with Crippen LogP contribution in [0, 0.1) is 0 Å². The molecule has 4 unspecified atom stereocenters. The van der Waals surface area contributed by atoms with Crippen molar-refractivity contribution >= 4 is 39.2 Å². The van der Waals surface area contributed by atoms with Crippen LogP contribution in [-0.2, 0) is 27.2 Å². The lowest BCUT2D eigenvalue weighted by Crippen LogP contribution is -2.58. The summed E-state index contributed by atoms with van der Waals surface area (Å²) in [6, 6.07) is 0. The van der Waals surface area contributed by atoms with Crippen LogP contribution < -0.4 is 0 Å². The predicted octanol–water partition coefficient (Wildman–Crippen LogP) is 9.74. The minimum Gasteiger partial charge on any atom is -0.469 e.